The minimum Gasteiger partial charge on any atom is -0.439 e. The van der Waals surface area contributed by atoms with Crippen LogP contribution in [0.5, 0.6) is 11.6 Å². The van der Waals surface area contributed by atoms with E-state index in [9.17, 15) is 0 Å². The van der Waals surface area contributed by atoms with Gasteiger partial charge in [-0.15, -0.1) is 0 Å². The number of para-hydroxylation sites is 3. The highest BCUT2D eigenvalue weighted by molar-refractivity contribution is 6.12. The molecule has 4 aromatic carbocycles. The van der Waals surface area contributed by atoms with Crippen molar-refractivity contribution in [1.82, 2.24) is 18.9 Å². The molecule has 5 heteroatoms. The maximum atomic E-state index is 6.36. The molecule has 8 rings (SSSR count). The highest BCUT2D eigenvalue weighted by Gasteiger charge is 2.14. The first-order chi connectivity index (χ1) is 18.7. The van der Waals surface area contributed by atoms with Crippen molar-refractivity contribution in [3.63, 3.8) is 0 Å². The molecule has 0 unspecified atom stereocenters. The number of imidazole rings is 1. The van der Waals surface area contributed by atoms with Crippen molar-refractivity contribution in [3.8, 4) is 17.4 Å². The van der Waals surface area contributed by atoms with E-state index in [0.29, 0.717) is 5.88 Å². The van der Waals surface area contributed by atoms with Crippen LogP contribution in [0, 0.1) is 6.92 Å². The third-order valence-electron chi connectivity index (χ3n) is 7.25. The Labute approximate surface area is 218 Å². The number of aromatic nitrogens is 4. The zero-order valence-corrected chi connectivity index (χ0v) is 20.7. The van der Waals surface area contributed by atoms with Crippen molar-refractivity contribution in [2.75, 3.05) is 0 Å². The fraction of sp³-hybridized carbons (Fsp3) is 0.0303. The second-order valence-electron chi connectivity index (χ2n) is 9.61. The fourth-order valence-electron chi connectivity index (χ4n) is 5.66. The molecule has 0 amide bonds. The van der Waals surface area contributed by atoms with Gasteiger partial charge in [-0.3, -0.25) is 8.97 Å². The van der Waals surface area contributed by atoms with Gasteiger partial charge in [0.2, 0.25) is 5.88 Å². The Kier molecular flexibility index (Phi) is 4.37. The van der Waals surface area contributed by atoms with Crippen LogP contribution in [0.15, 0.2) is 115 Å². The van der Waals surface area contributed by atoms with Crippen LogP contribution in [0.3, 0.4) is 0 Å². The normalized spacial score (nSPS) is 11.8. The van der Waals surface area contributed by atoms with Crippen LogP contribution in [-0.4, -0.2) is 18.9 Å². The van der Waals surface area contributed by atoms with E-state index in [-0.39, 0.29) is 0 Å². The third kappa shape index (κ3) is 3.05. The Morgan fingerprint density at radius 1 is 0.579 bits per heavy atom. The van der Waals surface area contributed by atoms with Crippen molar-refractivity contribution in [2.24, 2.45) is 0 Å². The van der Waals surface area contributed by atoms with Gasteiger partial charge < -0.3 is 4.74 Å². The standard InChI is InChI=1S/C33H22N4O/c1-21-20-36-28-12-5-2-9-24(28)23-18-17-22(19-27(23)33(36)34-21)38-32-16-8-15-31(35-32)37-29-13-6-3-10-25(29)26-11-4-7-14-30(26)37/h2-20H,1H3. The number of hydrogen-bond donors (Lipinski definition) is 0. The molecule has 4 heterocycles. The lowest BCUT2D eigenvalue weighted by atomic mass is 10.1. The summed E-state index contributed by atoms with van der Waals surface area (Å²) < 4.78 is 10.7. The molecule has 180 valence electrons. The second kappa shape index (κ2) is 7.92. The molecule has 0 fully saturated rings. The molecule has 8 aromatic rings. The lowest BCUT2D eigenvalue weighted by Crippen LogP contribution is -1.98. The van der Waals surface area contributed by atoms with Crippen LogP contribution in [0.4, 0.5) is 0 Å². The number of benzene rings is 4. The number of aryl methyl sites for hydroxylation is 1. The molecule has 0 bridgehead atoms. The van der Waals surface area contributed by atoms with Gasteiger partial charge in [-0.25, -0.2) is 4.98 Å². The van der Waals surface area contributed by atoms with Crippen LogP contribution in [-0.2, 0) is 0 Å². The molecule has 0 aliphatic heterocycles. The van der Waals surface area contributed by atoms with Crippen LogP contribution in [0.2, 0.25) is 0 Å². The van der Waals surface area contributed by atoms with Gasteiger partial charge in [-0.1, -0.05) is 60.7 Å². The quantitative estimate of drug-likeness (QED) is 0.234. The summed E-state index contributed by atoms with van der Waals surface area (Å²) in [5.41, 5.74) is 5.29. The largest absolute Gasteiger partial charge is 0.439 e. The Balaban J connectivity index is 1.27. The molecule has 0 radical (unpaired) electrons. The number of fused-ring (bicyclic) bond motifs is 9. The average Bonchev–Trinajstić information content (AvgIpc) is 3.52. The van der Waals surface area contributed by atoms with Crippen molar-refractivity contribution >= 4 is 49.1 Å². The lowest BCUT2D eigenvalue weighted by Gasteiger charge is -2.12. The molecular weight excluding hydrogens is 468 g/mol. The van der Waals surface area contributed by atoms with Crippen LogP contribution < -0.4 is 4.74 Å². The summed E-state index contributed by atoms with van der Waals surface area (Å²) >= 11 is 0. The Hall–Kier alpha value is -5.16. The predicted octanol–water partition coefficient (Wildman–Crippen LogP) is 8.23. The molecule has 0 atom stereocenters. The van der Waals surface area contributed by atoms with E-state index in [1.165, 1.54) is 16.2 Å². The summed E-state index contributed by atoms with van der Waals surface area (Å²) in [4.78, 5) is 9.76. The topological polar surface area (TPSA) is 44.4 Å². The van der Waals surface area contributed by atoms with Crippen molar-refractivity contribution < 1.29 is 4.74 Å². The van der Waals surface area contributed by atoms with Gasteiger partial charge >= 0.3 is 0 Å². The molecule has 0 aliphatic rings. The van der Waals surface area contributed by atoms with Gasteiger partial charge in [-0.2, -0.15) is 4.98 Å². The highest BCUT2D eigenvalue weighted by atomic mass is 16.5. The maximum absolute atomic E-state index is 6.36. The monoisotopic (exact) mass is 490 g/mol. The summed E-state index contributed by atoms with van der Waals surface area (Å²) in [5, 5.41) is 5.80. The van der Waals surface area contributed by atoms with Gasteiger partial charge in [0.15, 0.2) is 0 Å². The number of ether oxygens (including phenoxy) is 1. The Morgan fingerprint density at radius 2 is 1.24 bits per heavy atom. The van der Waals surface area contributed by atoms with Crippen molar-refractivity contribution in [2.45, 2.75) is 6.92 Å². The smallest absolute Gasteiger partial charge is 0.221 e. The van der Waals surface area contributed by atoms with Crippen molar-refractivity contribution in [1.29, 1.82) is 0 Å². The molecule has 4 aromatic heterocycles. The molecule has 5 nitrogen and oxygen atoms in total. The van der Waals surface area contributed by atoms with Crippen LogP contribution >= 0.6 is 0 Å². The van der Waals surface area contributed by atoms with E-state index in [0.717, 1.165) is 50.2 Å². The Morgan fingerprint density at radius 3 is 1.97 bits per heavy atom. The lowest BCUT2D eigenvalue weighted by molar-refractivity contribution is 0.463. The molecule has 38 heavy (non-hydrogen) atoms. The fourth-order valence-corrected chi connectivity index (χ4v) is 5.66. The first-order valence-corrected chi connectivity index (χ1v) is 12.7. The van der Waals surface area contributed by atoms with E-state index in [2.05, 4.69) is 100 Å². The van der Waals surface area contributed by atoms with Crippen LogP contribution in [0.1, 0.15) is 5.69 Å². The van der Waals surface area contributed by atoms with Gasteiger partial charge in [0.05, 0.1) is 22.2 Å². The summed E-state index contributed by atoms with van der Waals surface area (Å²) in [5.74, 6) is 2.08. The minimum absolute atomic E-state index is 0.542. The van der Waals surface area contributed by atoms with Gasteiger partial charge in [-0.05, 0) is 54.8 Å². The molecule has 0 saturated carbocycles. The minimum atomic E-state index is 0.542. The molecule has 0 aliphatic carbocycles. The number of pyridine rings is 2. The first kappa shape index (κ1) is 21.0. The number of nitrogens with zero attached hydrogens (tertiary/aromatic N) is 4. The van der Waals surface area contributed by atoms with Crippen LogP contribution in [0.25, 0.3) is 54.9 Å². The molecule has 0 saturated heterocycles. The zero-order valence-electron chi connectivity index (χ0n) is 20.7. The summed E-state index contributed by atoms with van der Waals surface area (Å²) in [6.07, 6.45) is 2.08. The average molecular weight is 491 g/mol. The summed E-state index contributed by atoms with van der Waals surface area (Å²) in [6, 6.07) is 37.4. The summed E-state index contributed by atoms with van der Waals surface area (Å²) in [7, 11) is 0. The Bertz CT molecular complexity index is 2130. The van der Waals surface area contributed by atoms with E-state index < -0.39 is 0 Å². The van der Waals surface area contributed by atoms with Crippen molar-refractivity contribution in [3.05, 3.63) is 121 Å². The second-order valence-corrected chi connectivity index (χ2v) is 9.61. The van der Waals surface area contributed by atoms with Gasteiger partial charge in [0.1, 0.15) is 17.2 Å². The SMILES string of the molecule is Cc1cn2c3ccccc3c3ccc(Oc4cccc(-n5c6ccccc6c6ccccc65)n4)cc3c2n1. The van der Waals surface area contributed by atoms with E-state index in [1.807, 2.05) is 31.2 Å². The third-order valence-corrected chi connectivity index (χ3v) is 7.25. The number of hydrogen-bond acceptors (Lipinski definition) is 3. The van der Waals surface area contributed by atoms with E-state index in [4.69, 9.17) is 14.7 Å². The molecule has 0 spiro atoms. The highest BCUT2D eigenvalue weighted by Crippen LogP contribution is 2.34. The van der Waals surface area contributed by atoms with Gasteiger partial charge in [0.25, 0.3) is 0 Å². The van der Waals surface area contributed by atoms with E-state index >= 15 is 0 Å². The zero-order chi connectivity index (χ0) is 25.2. The van der Waals surface area contributed by atoms with Gasteiger partial charge in [0, 0.05) is 33.8 Å². The maximum Gasteiger partial charge on any atom is 0.221 e. The molecule has 0 N–H and O–H groups in total. The molecular formula is C33H22N4O. The predicted molar refractivity (Wildman–Crippen MR) is 154 cm³/mol. The van der Waals surface area contributed by atoms with E-state index in [1.54, 1.807) is 0 Å². The first-order valence-electron chi connectivity index (χ1n) is 12.7. The summed E-state index contributed by atoms with van der Waals surface area (Å²) in [6.45, 7) is 2.03. The number of rotatable bonds is 3.